The Labute approximate surface area is 122 Å². The molecule has 0 aliphatic rings. The van der Waals surface area contributed by atoms with Gasteiger partial charge in [-0.15, -0.1) is 0 Å². The van der Waals surface area contributed by atoms with E-state index in [0.29, 0.717) is 17.5 Å². The van der Waals surface area contributed by atoms with E-state index in [-0.39, 0.29) is 0 Å². The number of benzene rings is 1. The number of aromatic nitrogens is 1. The highest BCUT2D eigenvalue weighted by atomic mass is 35.5. The van der Waals surface area contributed by atoms with Crippen molar-refractivity contribution in [2.24, 2.45) is 10.7 Å². The fourth-order valence-corrected chi connectivity index (χ4v) is 1.64. The third-order valence-electron chi connectivity index (χ3n) is 2.56. The molecule has 0 bridgehead atoms. The molecule has 0 saturated carbocycles. The van der Waals surface area contributed by atoms with Crippen LogP contribution in [0, 0.1) is 0 Å². The lowest BCUT2D eigenvalue weighted by Gasteiger charge is -2.06. The number of guanidine groups is 1. The van der Waals surface area contributed by atoms with E-state index < -0.39 is 0 Å². The van der Waals surface area contributed by atoms with Crippen LogP contribution in [0.5, 0.6) is 5.75 Å². The summed E-state index contributed by atoms with van der Waals surface area (Å²) >= 11 is 5.76. The number of halogens is 1. The number of anilines is 1. The fraction of sp³-hybridized carbons (Fsp3) is 0.143. The topological polar surface area (TPSA) is 72.5 Å². The van der Waals surface area contributed by atoms with Crippen LogP contribution in [0.3, 0.4) is 0 Å². The van der Waals surface area contributed by atoms with E-state index >= 15 is 0 Å². The maximum Gasteiger partial charge on any atom is 0.193 e. The lowest BCUT2D eigenvalue weighted by molar-refractivity contribution is 0.415. The van der Waals surface area contributed by atoms with E-state index in [2.05, 4.69) is 15.3 Å². The Balaban J connectivity index is 1.94. The molecule has 0 saturated heterocycles. The van der Waals surface area contributed by atoms with Crippen molar-refractivity contribution in [2.75, 3.05) is 12.4 Å². The lowest BCUT2D eigenvalue weighted by atomic mass is 10.3. The summed E-state index contributed by atoms with van der Waals surface area (Å²) in [5.74, 6) is 1.11. The van der Waals surface area contributed by atoms with Crippen molar-refractivity contribution in [3.05, 3.63) is 53.3 Å². The molecule has 1 heterocycles. The Kier molecular flexibility index (Phi) is 4.79. The Hall–Kier alpha value is -2.27. The van der Waals surface area contributed by atoms with Crippen molar-refractivity contribution in [2.45, 2.75) is 6.54 Å². The summed E-state index contributed by atoms with van der Waals surface area (Å²) in [7, 11) is 1.62. The van der Waals surface area contributed by atoms with Gasteiger partial charge in [0.15, 0.2) is 5.96 Å². The van der Waals surface area contributed by atoms with Crippen LogP contribution in [-0.2, 0) is 6.54 Å². The second-order valence-electron chi connectivity index (χ2n) is 4.02. The van der Waals surface area contributed by atoms with Gasteiger partial charge in [0.05, 0.1) is 24.4 Å². The summed E-state index contributed by atoms with van der Waals surface area (Å²) in [6, 6.07) is 11.0. The molecule has 1 aromatic carbocycles. The van der Waals surface area contributed by atoms with Crippen molar-refractivity contribution in [3.63, 3.8) is 0 Å². The molecular weight excluding hydrogens is 276 g/mol. The Morgan fingerprint density at radius 1 is 1.30 bits per heavy atom. The number of nitrogens with zero attached hydrogens (tertiary/aromatic N) is 2. The number of aliphatic imine (C=N–C) groups is 1. The molecule has 0 atom stereocenters. The molecule has 0 unspecified atom stereocenters. The zero-order chi connectivity index (χ0) is 14.4. The van der Waals surface area contributed by atoms with Crippen LogP contribution in [0.2, 0.25) is 5.02 Å². The Morgan fingerprint density at radius 3 is 2.65 bits per heavy atom. The zero-order valence-corrected chi connectivity index (χ0v) is 11.8. The van der Waals surface area contributed by atoms with Crippen LogP contribution in [0.25, 0.3) is 0 Å². The van der Waals surface area contributed by atoms with Gasteiger partial charge in [-0.3, -0.25) is 4.98 Å². The predicted octanol–water partition coefficient (Wildman–Crippen LogP) is 2.67. The number of nitrogens with two attached hydrogens (primary N) is 1. The van der Waals surface area contributed by atoms with Crippen molar-refractivity contribution >= 4 is 23.2 Å². The number of rotatable bonds is 4. The molecule has 0 amide bonds. The molecule has 20 heavy (non-hydrogen) atoms. The number of pyridine rings is 1. The molecular formula is C14H15ClN4O. The number of ether oxygens (including phenoxy) is 1. The molecule has 2 rings (SSSR count). The fourth-order valence-electron chi connectivity index (χ4n) is 1.53. The third kappa shape index (κ3) is 4.13. The predicted molar refractivity (Wildman–Crippen MR) is 81.2 cm³/mol. The van der Waals surface area contributed by atoms with Crippen molar-refractivity contribution in [1.29, 1.82) is 0 Å². The first-order valence-corrected chi connectivity index (χ1v) is 6.36. The molecule has 0 aliphatic heterocycles. The summed E-state index contributed by atoms with van der Waals surface area (Å²) in [5.41, 5.74) is 7.45. The van der Waals surface area contributed by atoms with Crippen LogP contribution in [0.1, 0.15) is 5.69 Å². The quantitative estimate of drug-likeness (QED) is 0.671. The van der Waals surface area contributed by atoms with E-state index in [9.17, 15) is 0 Å². The summed E-state index contributed by atoms with van der Waals surface area (Å²) in [5, 5.41) is 3.59. The Morgan fingerprint density at radius 2 is 2.05 bits per heavy atom. The molecule has 0 fully saturated rings. The van der Waals surface area contributed by atoms with Gasteiger partial charge in [-0.1, -0.05) is 11.6 Å². The molecule has 3 N–H and O–H groups in total. The van der Waals surface area contributed by atoms with Crippen molar-refractivity contribution in [1.82, 2.24) is 4.98 Å². The molecule has 6 heteroatoms. The zero-order valence-electron chi connectivity index (χ0n) is 11.0. The molecule has 0 spiro atoms. The highest BCUT2D eigenvalue weighted by Crippen LogP contribution is 2.14. The van der Waals surface area contributed by atoms with Gasteiger partial charge >= 0.3 is 0 Å². The van der Waals surface area contributed by atoms with Gasteiger partial charge in [-0.25, -0.2) is 4.99 Å². The molecule has 2 aromatic rings. The first-order valence-electron chi connectivity index (χ1n) is 5.99. The number of methoxy groups -OCH3 is 1. The third-order valence-corrected chi connectivity index (χ3v) is 2.79. The largest absolute Gasteiger partial charge is 0.497 e. The standard InChI is InChI=1S/C14H15ClN4O/c1-20-13-6-4-11(5-7-13)19-14(16)18-9-12-3-2-10(15)8-17-12/h2-8H,9H2,1H3,(H3,16,18,19). The van der Waals surface area contributed by atoms with Crippen LogP contribution < -0.4 is 15.8 Å². The molecule has 104 valence electrons. The molecule has 5 nitrogen and oxygen atoms in total. The monoisotopic (exact) mass is 290 g/mol. The van der Waals surface area contributed by atoms with E-state index in [1.54, 1.807) is 19.4 Å². The summed E-state index contributed by atoms with van der Waals surface area (Å²) in [6.45, 7) is 0.395. The van der Waals surface area contributed by atoms with Crippen LogP contribution in [-0.4, -0.2) is 18.1 Å². The van der Waals surface area contributed by atoms with Crippen molar-refractivity contribution < 1.29 is 4.74 Å². The first-order chi connectivity index (χ1) is 9.67. The number of nitrogens with one attached hydrogen (secondary N) is 1. The van der Waals surface area contributed by atoms with Crippen LogP contribution in [0.15, 0.2) is 47.6 Å². The minimum Gasteiger partial charge on any atom is -0.497 e. The van der Waals surface area contributed by atoms with E-state index in [4.69, 9.17) is 22.1 Å². The summed E-state index contributed by atoms with van der Waals surface area (Å²) in [4.78, 5) is 8.35. The maximum atomic E-state index is 5.81. The summed E-state index contributed by atoms with van der Waals surface area (Å²) < 4.78 is 5.08. The van der Waals surface area contributed by atoms with Crippen LogP contribution in [0.4, 0.5) is 5.69 Å². The summed E-state index contributed by atoms with van der Waals surface area (Å²) in [6.07, 6.45) is 1.58. The minimum atomic E-state index is 0.326. The lowest BCUT2D eigenvalue weighted by Crippen LogP contribution is -2.22. The van der Waals surface area contributed by atoms with E-state index in [0.717, 1.165) is 17.1 Å². The van der Waals surface area contributed by atoms with Gasteiger partial charge in [-0.2, -0.15) is 0 Å². The number of hydrogen-bond donors (Lipinski definition) is 2. The van der Waals surface area contributed by atoms with Gasteiger partial charge in [-0.05, 0) is 36.4 Å². The second kappa shape index (κ2) is 6.77. The number of hydrogen-bond acceptors (Lipinski definition) is 3. The van der Waals surface area contributed by atoms with E-state index in [1.807, 2.05) is 30.3 Å². The van der Waals surface area contributed by atoms with Gasteiger partial charge in [0.1, 0.15) is 5.75 Å². The normalized spacial score (nSPS) is 11.2. The smallest absolute Gasteiger partial charge is 0.193 e. The highest BCUT2D eigenvalue weighted by molar-refractivity contribution is 6.30. The average molecular weight is 291 g/mol. The molecule has 0 radical (unpaired) electrons. The van der Waals surface area contributed by atoms with Gasteiger partial charge in [0.25, 0.3) is 0 Å². The van der Waals surface area contributed by atoms with Crippen LogP contribution >= 0.6 is 11.6 Å². The second-order valence-corrected chi connectivity index (χ2v) is 4.46. The van der Waals surface area contributed by atoms with Crippen molar-refractivity contribution in [3.8, 4) is 5.75 Å². The van der Waals surface area contributed by atoms with Gasteiger partial charge in [0.2, 0.25) is 0 Å². The average Bonchev–Trinajstić information content (AvgIpc) is 2.47. The SMILES string of the molecule is COc1ccc(NC(N)=NCc2ccc(Cl)cn2)cc1. The Bertz CT molecular complexity index is 581. The maximum absolute atomic E-state index is 5.81. The first kappa shape index (κ1) is 14.1. The molecule has 0 aliphatic carbocycles. The van der Waals surface area contributed by atoms with Gasteiger partial charge in [0, 0.05) is 11.9 Å². The van der Waals surface area contributed by atoms with Gasteiger partial charge < -0.3 is 15.8 Å². The highest BCUT2D eigenvalue weighted by Gasteiger charge is 1.97. The minimum absolute atomic E-state index is 0.326. The molecule has 1 aromatic heterocycles. The van der Waals surface area contributed by atoms with E-state index in [1.165, 1.54) is 0 Å².